The summed E-state index contributed by atoms with van der Waals surface area (Å²) in [6, 6.07) is 4.94. The smallest absolute Gasteiger partial charge is 0.352 e. The van der Waals surface area contributed by atoms with Crippen LogP contribution in [-0.4, -0.2) is 69.0 Å². The number of hydrogen-bond donors (Lipinski definition) is 4. The highest BCUT2D eigenvalue weighted by atomic mass is 16.5. The van der Waals surface area contributed by atoms with Crippen LogP contribution >= 0.6 is 0 Å². The van der Waals surface area contributed by atoms with E-state index in [-0.39, 0.29) is 25.3 Å². The van der Waals surface area contributed by atoms with Gasteiger partial charge in [0, 0.05) is 37.0 Å². The third-order valence-electron chi connectivity index (χ3n) is 4.35. The van der Waals surface area contributed by atoms with E-state index in [1.807, 2.05) is 0 Å². The Morgan fingerprint density at radius 2 is 2.04 bits per heavy atom. The molecule has 2 heterocycles. The molecule has 3 rings (SSSR count). The van der Waals surface area contributed by atoms with Crippen molar-refractivity contribution in [3.05, 3.63) is 40.2 Å². The number of ether oxygens (including phenoxy) is 1. The van der Waals surface area contributed by atoms with Crippen LogP contribution in [0.25, 0.3) is 10.9 Å². The quantitative estimate of drug-likeness (QED) is 0.568. The Morgan fingerprint density at radius 3 is 2.73 bits per heavy atom. The SMILES string of the molecule is O=C(O)c1cc(=O)c2ccc(OCCN3CC(O)CC3C(=O)O)cc2[nH]1. The predicted molar refractivity (Wildman–Crippen MR) is 90.6 cm³/mol. The van der Waals surface area contributed by atoms with Crippen molar-refractivity contribution in [2.75, 3.05) is 19.7 Å². The molecule has 1 aliphatic heterocycles. The monoisotopic (exact) mass is 362 g/mol. The first-order valence-electron chi connectivity index (χ1n) is 8.03. The topological polar surface area (TPSA) is 140 Å². The summed E-state index contributed by atoms with van der Waals surface area (Å²) in [5, 5.41) is 28.1. The van der Waals surface area contributed by atoms with Crippen LogP contribution in [0.1, 0.15) is 16.9 Å². The van der Waals surface area contributed by atoms with Crippen molar-refractivity contribution in [2.24, 2.45) is 0 Å². The van der Waals surface area contributed by atoms with Crippen LogP contribution in [0.15, 0.2) is 29.1 Å². The summed E-state index contributed by atoms with van der Waals surface area (Å²) in [6.07, 6.45) is -0.485. The Balaban J connectivity index is 1.70. The lowest BCUT2D eigenvalue weighted by molar-refractivity contribution is -0.142. The van der Waals surface area contributed by atoms with Gasteiger partial charge in [-0.1, -0.05) is 0 Å². The van der Waals surface area contributed by atoms with E-state index in [0.717, 1.165) is 6.07 Å². The molecule has 1 aliphatic rings. The number of aromatic amines is 1. The maximum absolute atomic E-state index is 11.9. The second-order valence-electron chi connectivity index (χ2n) is 6.15. The molecule has 2 aromatic rings. The van der Waals surface area contributed by atoms with Gasteiger partial charge in [0.25, 0.3) is 0 Å². The lowest BCUT2D eigenvalue weighted by Crippen LogP contribution is -2.38. The molecule has 9 heteroatoms. The van der Waals surface area contributed by atoms with Gasteiger partial charge in [-0.3, -0.25) is 14.5 Å². The molecule has 0 spiro atoms. The number of pyridine rings is 1. The molecule has 0 saturated carbocycles. The molecule has 0 bridgehead atoms. The number of carboxylic acids is 2. The fourth-order valence-corrected chi connectivity index (χ4v) is 3.10. The third kappa shape index (κ3) is 3.68. The predicted octanol–water partition coefficient (Wildman–Crippen LogP) is 0.125. The standard InChI is InChI=1S/C17H18N2O7/c20-9-5-14(17(24)25)19(8-9)3-4-26-10-1-2-11-12(6-10)18-13(16(22)23)7-15(11)21/h1-2,6-7,9,14,20H,3-5,8H2,(H,18,21)(H,22,23)(H,24,25). The summed E-state index contributed by atoms with van der Waals surface area (Å²) < 4.78 is 5.59. The number of H-pyrrole nitrogens is 1. The number of aromatic nitrogens is 1. The Morgan fingerprint density at radius 1 is 1.27 bits per heavy atom. The average molecular weight is 362 g/mol. The first-order valence-corrected chi connectivity index (χ1v) is 8.03. The van der Waals surface area contributed by atoms with E-state index in [9.17, 15) is 19.5 Å². The highest BCUT2D eigenvalue weighted by Crippen LogP contribution is 2.20. The van der Waals surface area contributed by atoms with Crippen molar-refractivity contribution in [3.63, 3.8) is 0 Å². The number of benzene rings is 1. The van der Waals surface area contributed by atoms with E-state index in [4.69, 9.17) is 14.9 Å². The molecule has 1 aromatic carbocycles. The molecule has 138 valence electrons. The lowest BCUT2D eigenvalue weighted by atomic mass is 10.2. The van der Waals surface area contributed by atoms with E-state index >= 15 is 0 Å². The van der Waals surface area contributed by atoms with Gasteiger partial charge in [-0.05, 0) is 12.1 Å². The summed E-state index contributed by atoms with van der Waals surface area (Å²) >= 11 is 0. The molecule has 4 N–H and O–H groups in total. The van der Waals surface area contributed by atoms with Gasteiger partial charge in [0.1, 0.15) is 24.1 Å². The number of fused-ring (bicyclic) bond motifs is 1. The van der Waals surface area contributed by atoms with E-state index in [2.05, 4.69) is 4.98 Å². The number of aliphatic carboxylic acids is 1. The van der Waals surface area contributed by atoms with Crippen LogP contribution in [0.5, 0.6) is 5.75 Å². The number of carboxylic acid groups (broad SMARTS) is 2. The number of hydrogen-bond acceptors (Lipinski definition) is 6. The van der Waals surface area contributed by atoms with Gasteiger partial charge in [0.2, 0.25) is 0 Å². The summed E-state index contributed by atoms with van der Waals surface area (Å²) in [6.45, 7) is 0.774. The number of β-amino-alcohol motifs (C(OH)–C–C–N with tert-alkyl or cyclic N) is 1. The van der Waals surface area contributed by atoms with Crippen molar-refractivity contribution in [1.82, 2.24) is 9.88 Å². The van der Waals surface area contributed by atoms with Gasteiger partial charge in [0.05, 0.1) is 11.6 Å². The minimum Gasteiger partial charge on any atom is -0.492 e. The van der Waals surface area contributed by atoms with Gasteiger partial charge in [0.15, 0.2) is 5.43 Å². The zero-order valence-corrected chi connectivity index (χ0v) is 13.7. The van der Waals surface area contributed by atoms with Crippen molar-refractivity contribution < 1.29 is 29.6 Å². The van der Waals surface area contributed by atoms with Crippen LogP contribution in [-0.2, 0) is 4.79 Å². The highest BCUT2D eigenvalue weighted by Gasteiger charge is 2.35. The van der Waals surface area contributed by atoms with Crippen LogP contribution in [0.2, 0.25) is 0 Å². The van der Waals surface area contributed by atoms with E-state index < -0.39 is 29.5 Å². The number of nitrogens with zero attached hydrogens (tertiary/aromatic N) is 1. The number of rotatable bonds is 6. The molecule has 9 nitrogen and oxygen atoms in total. The van der Waals surface area contributed by atoms with Crippen molar-refractivity contribution in [1.29, 1.82) is 0 Å². The highest BCUT2D eigenvalue weighted by molar-refractivity contribution is 5.90. The average Bonchev–Trinajstić information content (AvgIpc) is 2.95. The number of aliphatic hydroxyl groups excluding tert-OH is 1. The zero-order chi connectivity index (χ0) is 18.8. The number of likely N-dealkylation sites (tertiary alicyclic amines) is 1. The molecule has 0 radical (unpaired) electrons. The van der Waals surface area contributed by atoms with Gasteiger partial charge >= 0.3 is 11.9 Å². The Hall–Kier alpha value is -2.91. The third-order valence-corrected chi connectivity index (χ3v) is 4.35. The minimum absolute atomic E-state index is 0.185. The second-order valence-corrected chi connectivity index (χ2v) is 6.15. The van der Waals surface area contributed by atoms with Gasteiger partial charge in [-0.2, -0.15) is 0 Å². The lowest BCUT2D eigenvalue weighted by Gasteiger charge is -2.20. The zero-order valence-electron chi connectivity index (χ0n) is 13.7. The van der Waals surface area contributed by atoms with E-state index in [0.29, 0.717) is 23.2 Å². The van der Waals surface area contributed by atoms with Crippen molar-refractivity contribution in [3.8, 4) is 5.75 Å². The van der Waals surface area contributed by atoms with Crippen LogP contribution in [0.4, 0.5) is 0 Å². The van der Waals surface area contributed by atoms with E-state index in [1.165, 1.54) is 12.1 Å². The van der Waals surface area contributed by atoms with Gasteiger partial charge in [-0.25, -0.2) is 4.79 Å². The number of aromatic carboxylic acids is 1. The molecular formula is C17H18N2O7. The molecule has 2 unspecified atom stereocenters. The molecule has 0 amide bonds. The maximum atomic E-state index is 11.9. The minimum atomic E-state index is -1.23. The largest absolute Gasteiger partial charge is 0.492 e. The molecule has 1 fully saturated rings. The molecule has 1 aromatic heterocycles. The van der Waals surface area contributed by atoms with Gasteiger partial charge < -0.3 is 25.0 Å². The normalized spacial score (nSPS) is 20.3. The Labute approximate surface area is 147 Å². The number of aliphatic hydroxyl groups is 1. The van der Waals surface area contributed by atoms with Crippen molar-refractivity contribution >= 4 is 22.8 Å². The van der Waals surface area contributed by atoms with Crippen LogP contribution < -0.4 is 10.2 Å². The number of carbonyl (C=O) groups is 2. The summed E-state index contributed by atoms with van der Waals surface area (Å²) in [4.78, 5) is 38.4. The summed E-state index contributed by atoms with van der Waals surface area (Å²) in [5.74, 6) is -1.80. The number of nitrogens with one attached hydrogen (secondary N) is 1. The Bertz CT molecular complexity index is 908. The van der Waals surface area contributed by atoms with Gasteiger partial charge in [-0.15, -0.1) is 0 Å². The first kappa shape index (κ1) is 17.9. The van der Waals surface area contributed by atoms with Crippen molar-refractivity contribution in [2.45, 2.75) is 18.6 Å². The molecule has 26 heavy (non-hydrogen) atoms. The molecule has 2 atom stereocenters. The second kappa shape index (κ2) is 7.14. The first-order chi connectivity index (χ1) is 12.3. The molecule has 1 saturated heterocycles. The van der Waals surface area contributed by atoms with E-state index in [1.54, 1.807) is 11.0 Å². The van der Waals surface area contributed by atoms with Crippen LogP contribution in [0.3, 0.4) is 0 Å². The fraction of sp³-hybridized carbons (Fsp3) is 0.353. The van der Waals surface area contributed by atoms with Crippen LogP contribution in [0, 0.1) is 0 Å². The summed E-state index contributed by atoms with van der Waals surface area (Å²) in [5.41, 5.74) is -0.277. The maximum Gasteiger partial charge on any atom is 0.352 e. The fourth-order valence-electron chi connectivity index (χ4n) is 3.10. The molecular weight excluding hydrogens is 344 g/mol. The Kier molecular flexibility index (Phi) is 4.92. The molecule has 0 aliphatic carbocycles. The summed E-state index contributed by atoms with van der Waals surface area (Å²) in [7, 11) is 0.